The van der Waals surface area contributed by atoms with Crippen molar-refractivity contribution in [1.29, 1.82) is 0 Å². The number of nitrogens with zero attached hydrogens (tertiary/aromatic N) is 2. The van der Waals surface area contributed by atoms with Gasteiger partial charge >= 0.3 is 5.97 Å². The SMILES string of the molecule is COc1ccc(-n2nc(C(=O)O)c3c2CCC(C)C3)cc1Cl. The molecule has 0 bridgehead atoms. The lowest BCUT2D eigenvalue weighted by Crippen LogP contribution is -2.14. The van der Waals surface area contributed by atoms with Crippen LogP contribution in [-0.4, -0.2) is 28.0 Å². The van der Waals surface area contributed by atoms with Crippen molar-refractivity contribution in [2.45, 2.75) is 26.2 Å². The number of fused-ring (bicyclic) bond motifs is 1. The van der Waals surface area contributed by atoms with Gasteiger partial charge in [-0.15, -0.1) is 0 Å². The highest BCUT2D eigenvalue weighted by atomic mass is 35.5. The van der Waals surface area contributed by atoms with Crippen molar-refractivity contribution in [3.63, 3.8) is 0 Å². The van der Waals surface area contributed by atoms with Crippen LogP contribution in [0, 0.1) is 5.92 Å². The molecular weight excluding hydrogens is 304 g/mol. The van der Waals surface area contributed by atoms with Gasteiger partial charge in [-0.25, -0.2) is 9.48 Å². The van der Waals surface area contributed by atoms with Crippen molar-refractivity contribution in [2.24, 2.45) is 5.92 Å². The molecule has 1 unspecified atom stereocenters. The molecule has 6 heteroatoms. The molecule has 0 saturated carbocycles. The number of carboxylic acid groups (broad SMARTS) is 1. The molecule has 2 aromatic rings. The van der Waals surface area contributed by atoms with Crippen molar-refractivity contribution < 1.29 is 14.6 Å². The van der Waals surface area contributed by atoms with Gasteiger partial charge in [-0.1, -0.05) is 18.5 Å². The van der Waals surface area contributed by atoms with Crippen molar-refractivity contribution in [1.82, 2.24) is 9.78 Å². The minimum Gasteiger partial charge on any atom is -0.495 e. The van der Waals surface area contributed by atoms with Crippen LogP contribution < -0.4 is 4.74 Å². The second kappa shape index (κ2) is 5.65. The first-order chi connectivity index (χ1) is 10.5. The average molecular weight is 321 g/mol. The zero-order valence-electron chi connectivity index (χ0n) is 12.5. The Kier molecular flexibility index (Phi) is 3.83. The second-order valence-corrected chi connectivity index (χ2v) is 6.06. The van der Waals surface area contributed by atoms with Crippen molar-refractivity contribution in [3.05, 3.63) is 40.2 Å². The lowest BCUT2D eigenvalue weighted by atomic mass is 9.87. The lowest BCUT2D eigenvalue weighted by molar-refractivity contribution is 0.0688. The highest BCUT2D eigenvalue weighted by Gasteiger charge is 2.28. The van der Waals surface area contributed by atoms with Crippen LogP contribution in [0.1, 0.15) is 35.1 Å². The molecule has 1 aromatic carbocycles. The molecule has 0 aliphatic heterocycles. The minimum atomic E-state index is -0.983. The Morgan fingerprint density at radius 2 is 2.27 bits per heavy atom. The zero-order chi connectivity index (χ0) is 15.9. The van der Waals surface area contributed by atoms with Crippen LogP contribution in [0.2, 0.25) is 5.02 Å². The summed E-state index contributed by atoms with van der Waals surface area (Å²) in [5.41, 5.74) is 2.72. The fraction of sp³-hybridized carbons (Fsp3) is 0.375. The van der Waals surface area contributed by atoms with Gasteiger partial charge in [0.15, 0.2) is 5.69 Å². The number of carboxylic acids is 1. The highest BCUT2D eigenvalue weighted by molar-refractivity contribution is 6.32. The summed E-state index contributed by atoms with van der Waals surface area (Å²) in [6.07, 6.45) is 2.60. The van der Waals surface area contributed by atoms with E-state index in [-0.39, 0.29) is 5.69 Å². The quantitative estimate of drug-likeness (QED) is 0.942. The number of hydrogen-bond donors (Lipinski definition) is 1. The number of rotatable bonds is 3. The molecule has 0 amide bonds. The second-order valence-electron chi connectivity index (χ2n) is 5.66. The number of ether oxygens (including phenoxy) is 1. The zero-order valence-corrected chi connectivity index (χ0v) is 13.2. The van der Waals surface area contributed by atoms with E-state index in [4.69, 9.17) is 16.3 Å². The molecule has 5 nitrogen and oxygen atoms in total. The standard InChI is InChI=1S/C16H17ClN2O3/c1-9-3-5-13-11(7-9)15(16(20)21)18-19(13)10-4-6-14(22-2)12(17)8-10/h4,6,8-9H,3,5,7H2,1-2H3,(H,20,21). The van der Waals surface area contributed by atoms with E-state index in [0.717, 1.165) is 36.2 Å². The third-order valence-electron chi connectivity index (χ3n) is 4.10. The monoisotopic (exact) mass is 320 g/mol. The van der Waals surface area contributed by atoms with Gasteiger partial charge in [0.25, 0.3) is 0 Å². The summed E-state index contributed by atoms with van der Waals surface area (Å²) in [4.78, 5) is 11.5. The molecule has 1 N–H and O–H groups in total. The van der Waals surface area contributed by atoms with E-state index in [1.165, 1.54) is 0 Å². The first-order valence-corrected chi connectivity index (χ1v) is 7.57. The molecule has 1 heterocycles. The highest BCUT2D eigenvalue weighted by Crippen LogP contribution is 2.32. The Hall–Kier alpha value is -2.01. The largest absolute Gasteiger partial charge is 0.495 e. The van der Waals surface area contributed by atoms with Gasteiger partial charge in [0, 0.05) is 11.3 Å². The molecule has 22 heavy (non-hydrogen) atoms. The minimum absolute atomic E-state index is 0.147. The molecular formula is C16H17ClN2O3. The smallest absolute Gasteiger partial charge is 0.356 e. The van der Waals surface area contributed by atoms with E-state index in [1.54, 1.807) is 23.9 Å². The van der Waals surface area contributed by atoms with E-state index in [9.17, 15) is 9.90 Å². The third-order valence-corrected chi connectivity index (χ3v) is 4.39. The van der Waals surface area contributed by atoms with Gasteiger partial charge in [0.2, 0.25) is 0 Å². The number of halogens is 1. The number of carbonyl (C=O) groups is 1. The number of aromatic nitrogens is 2. The van der Waals surface area contributed by atoms with Gasteiger partial charge in [0.1, 0.15) is 5.75 Å². The Morgan fingerprint density at radius 1 is 1.50 bits per heavy atom. The number of hydrogen-bond acceptors (Lipinski definition) is 3. The molecule has 0 spiro atoms. The Bertz CT molecular complexity index is 739. The van der Waals surface area contributed by atoms with Crippen LogP contribution in [0.5, 0.6) is 5.75 Å². The van der Waals surface area contributed by atoms with Gasteiger partial charge in [-0.05, 0) is 43.4 Å². The van der Waals surface area contributed by atoms with Gasteiger partial charge in [-0.3, -0.25) is 0 Å². The summed E-state index contributed by atoms with van der Waals surface area (Å²) >= 11 is 6.17. The summed E-state index contributed by atoms with van der Waals surface area (Å²) < 4.78 is 6.85. The van der Waals surface area contributed by atoms with E-state index in [2.05, 4.69) is 12.0 Å². The maximum absolute atomic E-state index is 11.5. The molecule has 1 aliphatic carbocycles. The van der Waals surface area contributed by atoms with E-state index >= 15 is 0 Å². The van der Waals surface area contributed by atoms with Gasteiger partial charge in [-0.2, -0.15) is 5.10 Å². The summed E-state index contributed by atoms with van der Waals surface area (Å²) in [6.45, 7) is 2.14. The summed E-state index contributed by atoms with van der Waals surface area (Å²) in [5.74, 6) is 0.0740. The third kappa shape index (κ3) is 2.46. The van der Waals surface area contributed by atoms with Crippen molar-refractivity contribution in [2.75, 3.05) is 7.11 Å². The first-order valence-electron chi connectivity index (χ1n) is 7.19. The fourth-order valence-corrected chi connectivity index (χ4v) is 3.21. The fourth-order valence-electron chi connectivity index (χ4n) is 2.96. The van der Waals surface area contributed by atoms with Gasteiger partial charge < -0.3 is 9.84 Å². The summed E-state index contributed by atoms with van der Waals surface area (Å²) in [6, 6.07) is 5.34. The van der Waals surface area contributed by atoms with E-state index < -0.39 is 5.97 Å². The van der Waals surface area contributed by atoms with Crippen LogP contribution >= 0.6 is 11.6 Å². The molecule has 3 rings (SSSR count). The molecule has 0 saturated heterocycles. The van der Waals surface area contributed by atoms with Crippen LogP contribution in [-0.2, 0) is 12.8 Å². The summed E-state index contributed by atoms with van der Waals surface area (Å²) in [7, 11) is 1.56. The summed E-state index contributed by atoms with van der Waals surface area (Å²) in [5, 5.41) is 14.2. The van der Waals surface area contributed by atoms with Crippen molar-refractivity contribution in [3.8, 4) is 11.4 Å². The number of aromatic carboxylic acids is 1. The molecule has 1 aromatic heterocycles. The number of benzene rings is 1. The molecule has 0 fully saturated rings. The molecule has 116 valence electrons. The lowest BCUT2D eigenvalue weighted by Gasteiger charge is -2.19. The van der Waals surface area contributed by atoms with Gasteiger partial charge in [0.05, 0.1) is 17.8 Å². The predicted octanol–water partition coefficient (Wildman–Crippen LogP) is 3.36. The maximum Gasteiger partial charge on any atom is 0.356 e. The Balaban J connectivity index is 2.13. The topological polar surface area (TPSA) is 64.4 Å². The van der Waals surface area contributed by atoms with Crippen LogP contribution in [0.4, 0.5) is 0 Å². The predicted molar refractivity (Wildman–Crippen MR) is 83.3 cm³/mol. The first kappa shape index (κ1) is 14.9. The molecule has 0 radical (unpaired) electrons. The number of methoxy groups -OCH3 is 1. The van der Waals surface area contributed by atoms with Crippen molar-refractivity contribution >= 4 is 17.6 Å². The normalized spacial score (nSPS) is 17.1. The average Bonchev–Trinajstić information content (AvgIpc) is 2.86. The molecule has 1 aliphatic rings. The maximum atomic E-state index is 11.5. The van der Waals surface area contributed by atoms with Crippen LogP contribution in [0.25, 0.3) is 5.69 Å². The van der Waals surface area contributed by atoms with Crippen LogP contribution in [0.3, 0.4) is 0 Å². The Labute approximate surface area is 133 Å². The van der Waals surface area contributed by atoms with E-state index in [1.807, 2.05) is 6.07 Å². The van der Waals surface area contributed by atoms with Crippen LogP contribution in [0.15, 0.2) is 18.2 Å². The Morgan fingerprint density at radius 3 is 2.91 bits per heavy atom. The molecule has 1 atom stereocenters. The van der Waals surface area contributed by atoms with E-state index in [0.29, 0.717) is 16.7 Å².